The van der Waals surface area contributed by atoms with E-state index >= 15 is 0 Å². The summed E-state index contributed by atoms with van der Waals surface area (Å²) >= 11 is 1.61. The number of amides is 2. The van der Waals surface area contributed by atoms with Crippen LogP contribution in [0, 0.1) is 5.41 Å². The number of thiophene rings is 1. The van der Waals surface area contributed by atoms with E-state index in [9.17, 15) is 14.7 Å². The van der Waals surface area contributed by atoms with Crippen LogP contribution in [0.15, 0.2) is 17.5 Å². The van der Waals surface area contributed by atoms with Gasteiger partial charge in [-0.25, -0.2) is 4.79 Å². The Bertz CT molecular complexity index is 481. The molecule has 5 nitrogen and oxygen atoms in total. The number of urea groups is 1. The van der Waals surface area contributed by atoms with Gasteiger partial charge in [-0.1, -0.05) is 25.8 Å². The molecule has 1 fully saturated rings. The lowest BCUT2D eigenvalue weighted by Crippen LogP contribution is -2.45. The quantitative estimate of drug-likeness (QED) is 0.755. The van der Waals surface area contributed by atoms with Crippen LogP contribution in [0.2, 0.25) is 0 Å². The van der Waals surface area contributed by atoms with Gasteiger partial charge in [-0.2, -0.15) is 0 Å². The molecule has 0 spiro atoms. The highest BCUT2D eigenvalue weighted by Gasteiger charge is 2.41. The first kappa shape index (κ1) is 15.8. The summed E-state index contributed by atoms with van der Waals surface area (Å²) in [5, 5.41) is 17.0. The molecule has 1 heterocycles. The zero-order chi connectivity index (χ0) is 15.3. The molecule has 0 saturated heterocycles. The van der Waals surface area contributed by atoms with E-state index in [0.717, 1.165) is 24.1 Å². The van der Waals surface area contributed by atoms with Crippen molar-refractivity contribution in [2.24, 2.45) is 5.41 Å². The summed E-state index contributed by atoms with van der Waals surface area (Å²) in [6.45, 7) is 2.22. The molecule has 1 atom stereocenters. The summed E-state index contributed by atoms with van der Waals surface area (Å²) in [5.41, 5.74) is -0.776. The van der Waals surface area contributed by atoms with E-state index in [1.165, 1.54) is 0 Å². The normalized spacial score (nSPS) is 18.1. The Kier molecular flexibility index (Phi) is 5.22. The summed E-state index contributed by atoms with van der Waals surface area (Å²) < 4.78 is 0. The Morgan fingerprint density at radius 3 is 2.67 bits per heavy atom. The largest absolute Gasteiger partial charge is 0.481 e. The van der Waals surface area contributed by atoms with Gasteiger partial charge in [0.25, 0.3) is 0 Å². The molecule has 2 amide bonds. The van der Waals surface area contributed by atoms with Crippen molar-refractivity contribution in [1.29, 1.82) is 0 Å². The number of hydrogen-bond donors (Lipinski definition) is 3. The highest BCUT2D eigenvalue weighted by Crippen LogP contribution is 2.37. The molecule has 1 aliphatic rings. The van der Waals surface area contributed by atoms with Crippen molar-refractivity contribution in [2.75, 3.05) is 6.54 Å². The van der Waals surface area contributed by atoms with E-state index < -0.39 is 11.4 Å². The van der Waals surface area contributed by atoms with Crippen molar-refractivity contribution < 1.29 is 14.7 Å². The summed E-state index contributed by atoms with van der Waals surface area (Å²) in [4.78, 5) is 24.6. The van der Waals surface area contributed by atoms with Gasteiger partial charge in [0.15, 0.2) is 0 Å². The summed E-state index contributed by atoms with van der Waals surface area (Å²) in [6.07, 6.45) is 3.93. The minimum atomic E-state index is -0.800. The topological polar surface area (TPSA) is 78.4 Å². The maximum atomic E-state index is 12.0. The first-order valence-corrected chi connectivity index (χ1v) is 8.26. The van der Waals surface area contributed by atoms with Gasteiger partial charge in [0.2, 0.25) is 0 Å². The SMILES string of the molecule is CCC(NC(=O)NCC1(C(=O)O)CCCC1)c1cccs1. The Morgan fingerprint density at radius 1 is 1.43 bits per heavy atom. The van der Waals surface area contributed by atoms with Crippen LogP contribution in [-0.2, 0) is 4.79 Å². The zero-order valence-corrected chi connectivity index (χ0v) is 13.0. The molecule has 2 rings (SSSR count). The minimum Gasteiger partial charge on any atom is -0.481 e. The maximum Gasteiger partial charge on any atom is 0.315 e. The number of carbonyl (C=O) groups excluding carboxylic acids is 1. The Balaban J connectivity index is 1.88. The van der Waals surface area contributed by atoms with E-state index in [1.807, 2.05) is 24.4 Å². The molecule has 1 aromatic heterocycles. The molecular formula is C15H22N2O3S. The van der Waals surface area contributed by atoms with Gasteiger partial charge in [0.1, 0.15) is 0 Å². The average Bonchev–Trinajstić information content (AvgIpc) is 3.14. The van der Waals surface area contributed by atoms with E-state index in [-0.39, 0.29) is 18.6 Å². The van der Waals surface area contributed by atoms with Crippen molar-refractivity contribution in [2.45, 2.75) is 45.1 Å². The van der Waals surface area contributed by atoms with Crippen molar-refractivity contribution in [3.8, 4) is 0 Å². The number of hydrogen-bond acceptors (Lipinski definition) is 3. The number of carbonyl (C=O) groups is 2. The van der Waals surface area contributed by atoms with Gasteiger partial charge in [-0.15, -0.1) is 11.3 Å². The predicted octanol–water partition coefficient (Wildman–Crippen LogP) is 3.14. The standard InChI is InChI=1S/C15H22N2O3S/c1-2-11(12-6-5-9-21-12)17-14(20)16-10-15(13(18)19)7-3-4-8-15/h5-6,9,11H,2-4,7-8,10H2,1H3,(H,18,19)(H2,16,17,20). The van der Waals surface area contributed by atoms with Crippen molar-refractivity contribution in [3.05, 3.63) is 22.4 Å². The maximum absolute atomic E-state index is 12.0. The molecule has 6 heteroatoms. The molecule has 1 unspecified atom stereocenters. The molecule has 3 N–H and O–H groups in total. The Hall–Kier alpha value is -1.56. The molecule has 1 saturated carbocycles. The smallest absolute Gasteiger partial charge is 0.315 e. The molecule has 1 aromatic rings. The first-order valence-electron chi connectivity index (χ1n) is 7.38. The van der Waals surface area contributed by atoms with Crippen LogP contribution in [0.1, 0.15) is 49.9 Å². The fourth-order valence-electron chi connectivity index (χ4n) is 2.84. The molecular weight excluding hydrogens is 288 g/mol. The molecule has 21 heavy (non-hydrogen) atoms. The Labute approximate surface area is 128 Å². The second-order valence-electron chi connectivity index (χ2n) is 5.60. The van der Waals surface area contributed by atoms with Crippen LogP contribution in [0.3, 0.4) is 0 Å². The van der Waals surface area contributed by atoms with Gasteiger partial charge in [0.05, 0.1) is 11.5 Å². The summed E-state index contributed by atoms with van der Waals surface area (Å²) in [5.74, 6) is -0.800. The minimum absolute atomic E-state index is 0.0191. The predicted molar refractivity (Wildman–Crippen MR) is 82.4 cm³/mol. The van der Waals surface area contributed by atoms with Crippen LogP contribution in [0.5, 0.6) is 0 Å². The Morgan fingerprint density at radius 2 is 2.14 bits per heavy atom. The van der Waals surface area contributed by atoms with Crippen LogP contribution in [-0.4, -0.2) is 23.7 Å². The number of carboxylic acid groups (broad SMARTS) is 1. The van der Waals surface area contributed by atoms with Crippen molar-refractivity contribution >= 4 is 23.3 Å². The van der Waals surface area contributed by atoms with Crippen molar-refractivity contribution in [1.82, 2.24) is 10.6 Å². The van der Waals surface area contributed by atoms with Crippen molar-refractivity contribution in [3.63, 3.8) is 0 Å². The second kappa shape index (κ2) is 6.93. The first-order chi connectivity index (χ1) is 10.1. The van der Waals surface area contributed by atoms with Crippen LogP contribution in [0.25, 0.3) is 0 Å². The van der Waals surface area contributed by atoms with E-state index in [2.05, 4.69) is 10.6 Å². The highest BCUT2D eigenvalue weighted by atomic mass is 32.1. The van der Waals surface area contributed by atoms with E-state index in [4.69, 9.17) is 0 Å². The summed E-state index contributed by atoms with van der Waals surface area (Å²) in [6, 6.07) is 3.65. The third-order valence-electron chi connectivity index (χ3n) is 4.20. The third-order valence-corrected chi connectivity index (χ3v) is 5.19. The van der Waals surface area contributed by atoms with Crippen LogP contribution >= 0.6 is 11.3 Å². The number of carboxylic acids is 1. The van der Waals surface area contributed by atoms with Gasteiger partial charge in [-0.3, -0.25) is 4.79 Å². The second-order valence-corrected chi connectivity index (χ2v) is 6.58. The highest BCUT2D eigenvalue weighted by molar-refractivity contribution is 7.10. The molecule has 0 bridgehead atoms. The fraction of sp³-hybridized carbons (Fsp3) is 0.600. The monoisotopic (exact) mass is 310 g/mol. The zero-order valence-electron chi connectivity index (χ0n) is 12.2. The third kappa shape index (κ3) is 3.75. The molecule has 116 valence electrons. The summed E-state index contributed by atoms with van der Waals surface area (Å²) in [7, 11) is 0. The lowest BCUT2D eigenvalue weighted by molar-refractivity contribution is -0.148. The molecule has 0 aromatic carbocycles. The fourth-order valence-corrected chi connectivity index (χ4v) is 3.70. The van der Waals surface area contributed by atoms with Gasteiger partial charge < -0.3 is 15.7 Å². The molecule has 0 aliphatic heterocycles. The van der Waals surface area contributed by atoms with E-state index in [0.29, 0.717) is 12.8 Å². The lowest BCUT2D eigenvalue weighted by atomic mass is 9.86. The van der Waals surface area contributed by atoms with Gasteiger partial charge in [-0.05, 0) is 30.7 Å². The number of aliphatic carboxylic acids is 1. The number of nitrogens with one attached hydrogen (secondary N) is 2. The van der Waals surface area contributed by atoms with Crippen LogP contribution in [0.4, 0.5) is 4.79 Å². The van der Waals surface area contributed by atoms with E-state index in [1.54, 1.807) is 11.3 Å². The number of rotatable bonds is 6. The van der Waals surface area contributed by atoms with Gasteiger partial charge in [0, 0.05) is 11.4 Å². The van der Waals surface area contributed by atoms with Crippen LogP contribution < -0.4 is 10.6 Å². The van der Waals surface area contributed by atoms with Gasteiger partial charge >= 0.3 is 12.0 Å². The molecule has 0 radical (unpaired) electrons. The lowest BCUT2D eigenvalue weighted by Gasteiger charge is -2.25. The molecule has 1 aliphatic carbocycles. The average molecular weight is 310 g/mol.